The molecule has 9 heteroatoms. The molecule has 0 saturated carbocycles. The number of fused-ring (bicyclic) bond motifs is 1. The zero-order valence-corrected chi connectivity index (χ0v) is 17.0. The van der Waals surface area contributed by atoms with Crippen molar-refractivity contribution < 1.29 is 9.59 Å². The third-order valence-electron chi connectivity index (χ3n) is 4.72. The molecule has 148 valence electrons. The number of nitrogens with zero attached hydrogens (tertiary/aromatic N) is 4. The molecule has 0 aliphatic carbocycles. The van der Waals surface area contributed by atoms with Crippen LogP contribution in [-0.2, 0) is 16.1 Å². The van der Waals surface area contributed by atoms with Crippen LogP contribution in [0.1, 0.15) is 10.4 Å². The molecule has 2 N–H and O–H groups in total. The highest BCUT2D eigenvalue weighted by atomic mass is 35.5. The molecule has 0 bridgehead atoms. The second kappa shape index (κ2) is 8.18. The molecular weight excluding hydrogens is 410 g/mol. The average molecular weight is 428 g/mol. The molecule has 2 aromatic heterocycles. The molecular formula is C20H18ClN5O2S. The molecule has 1 saturated heterocycles. The predicted octanol–water partition coefficient (Wildman–Crippen LogP) is 2.81. The van der Waals surface area contributed by atoms with Gasteiger partial charge in [0.2, 0.25) is 11.8 Å². The van der Waals surface area contributed by atoms with Crippen molar-refractivity contribution in [2.45, 2.75) is 6.54 Å². The first kappa shape index (κ1) is 19.4. The number of hydrogen-bond acceptors (Lipinski definition) is 6. The van der Waals surface area contributed by atoms with Crippen LogP contribution in [0.2, 0.25) is 4.34 Å². The Balaban J connectivity index is 1.38. The highest BCUT2D eigenvalue weighted by molar-refractivity contribution is 7.17. The monoisotopic (exact) mass is 427 g/mol. The van der Waals surface area contributed by atoms with Crippen molar-refractivity contribution in [3.63, 3.8) is 0 Å². The van der Waals surface area contributed by atoms with Crippen molar-refractivity contribution in [3.8, 4) is 0 Å². The van der Waals surface area contributed by atoms with Crippen molar-refractivity contribution in [2.75, 3.05) is 25.4 Å². The quantitative estimate of drug-likeness (QED) is 0.646. The third-order valence-corrected chi connectivity index (χ3v) is 5.92. The van der Waals surface area contributed by atoms with E-state index in [1.54, 1.807) is 21.9 Å². The van der Waals surface area contributed by atoms with Gasteiger partial charge < -0.3 is 15.5 Å². The molecule has 3 heterocycles. The molecule has 29 heavy (non-hydrogen) atoms. The van der Waals surface area contributed by atoms with E-state index in [1.807, 2.05) is 24.3 Å². The van der Waals surface area contributed by atoms with Crippen molar-refractivity contribution in [3.05, 3.63) is 57.5 Å². The number of rotatable bonds is 4. The number of anilines is 1. The summed E-state index contributed by atoms with van der Waals surface area (Å²) in [6.45, 7) is 1.50. The lowest BCUT2D eigenvalue weighted by molar-refractivity contribution is -0.143. The van der Waals surface area contributed by atoms with Gasteiger partial charge in [-0.3, -0.25) is 9.59 Å². The van der Waals surface area contributed by atoms with E-state index < -0.39 is 0 Å². The number of hydrogen-bond donors (Lipinski definition) is 1. The van der Waals surface area contributed by atoms with Crippen molar-refractivity contribution in [1.82, 2.24) is 19.8 Å². The van der Waals surface area contributed by atoms with Gasteiger partial charge >= 0.3 is 0 Å². The molecule has 1 fully saturated rings. The Bertz CT molecular complexity index is 1110. The zero-order chi connectivity index (χ0) is 20.4. The number of thiophene rings is 1. The molecule has 4 rings (SSSR count). The SMILES string of the molecule is Nc1ncnc2cc(CN3CCN(C(=O)C=Cc4ccc(Cl)s4)CC3=O)ccc12. The minimum atomic E-state index is -0.180. The van der Waals surface area contributed by atoms with E-state index in [1.165, 1.54) is 23.7 Å². The number of carbonyl (C=O) groups excluding carboxylic acids is 2. The Kier molecular flexibility index (Phi) is 5.46. The molecule has 1 aliphatic rings. The van der Waals surface area contributed by atoms with Crippen LogP contribution in [-0.4, -0.2) is 51.2 Å². The number of amides is 2. The lowest BCUT2D eigenvalue weighted by Gasteiger charge is -2.34. The first-order valence-electron chi connectivity index (χ1n) is 8.99. The minimum Gasteiger partial charge on any atom is -0.383 e. The van der Waals surface area contributed by atoms with Crippen LogP contribution < -0.4 is 5.73 Å². The van der Waals surface area contributed by atoms with E-state index >= 15 is 0 Å². The fraction of sp³-hybridized carbons (Fsp3) is 0.200. The number of aromatic nitrogens is 2. The summed E-state index contributed by atoms with van der Waals surface area (Å²) in [5.41, 5.74) is 7.56. The van der Waals surface area contributed by atoms with Crippen LogP contribution in [0.15, 0.2) is 42.7 Å². The Morgan fingerprint density at radius 2 is 2.10 bits per heavy atom. The number of benzene rings is 1. The van der Waals surface area contributed by atoms with Crippen molar-refractivity contribution in [1.29, 1.82) is 0 Å². The van der Waals surface area contributed by atoms with Gasteiger partial charge in [0, 0.05) is 36.0 Å². The standard InChI is InChI=1S/C20H18ClN5O2S/c21-17-5-2-14(29-17)3-6-18(27)26-8-7-25(19(28)11-26)10-13-1-4-15-16(9-13)23-12-24-20(15)22/h1-6,9,12H,7-8,10-11H2,(H2,22,23,24). The maximum absolute atomic E-state index is 12.6. The number of piperazine rings is 1. The molecule has 3 aromatic rings. The van der Waals surface area contributed by atoms with E-state index in [4.69, 9.17) is 17.3 Å². The summed E-state index contributed by atoms with van der Waals surface area (Å²) in [6.07, 6.45) is 4.63. The topological polar surface area (TPSA) is 92.4 Å². The summed E-state index contributed by atoms with van der Waals surface area (Å²) in [7, 11) is 0. The number of halogens is 1. The van der Waals surface area contributed by atoms with Crippen LogP contribution >= 0.6 is 22.9 Å². The van der Waals surface area contributed by atoms with Crippen molar-refractivity contribution in [2.24, 2.45) is 0 Å². The van der Waals surface area contributed by atoms with Gasteiger partial charge in [0.15, 0.2) is 0 Å². The van der Waals surface area contributed by atoms with E-state index in [0.29, 0.717) is 29.8 Å². The highest BCUT2D eigenvalue weighted by Gasteiger charge is 2.26. The summed E-state index contributed by atoms with van der Waals surface area (Å²) in [4.78, 5) is 37.3. The molecule has 1 aromatic carbocycles. The number of carbonyl (C=O) groups is 2. The van der Waals surface area contributed by atoms with E-state index in [9.17, 15) is 9.59 Å². The fourth-order valence-electron chi connectivity index (χ4n) is 3.18. The van der Waals surface area contributed by atoms with E-state index in [-0.39, 0.29) is 18.4 Å². The van der Waals surface area contributed by atoms with Crippen LogP contribution in [0.25, 0.3) is 17.0 Å². The van der Waals surface area contributed by atoms with Gasteiger partial charge in [-0.1, -0.05) is 17.7 Å². The van der Waals surface area contributed by atoms with Gasteiger partial charge in [0.1, 0.15) is 18.7 Å². The number of nitrogens with two attached hydrogens (primary N) is 1. The van der Waals surface area contributed by atoms with Crippen molar-refractivity contribution >= 4 is 57.5 Å². The lowest BCUT2D eigenvalue weighted by atomic mass is 10.1. The normalized spacial score (nSPS) is 14.9. The maximum Gasteiger partial charge on any atom is 0.247 e. The van der Waals surface area contributed by atoms with Gasteiger partial charge in [0.25, 0.3) is 0 Å². The summed E-state index contributed by atoms with van der Waals surface area (Å²) in [5.74, 6) is 0.169. The maximum atomic E-state index is 12.6. The zero-order valence-electron chi connectivity index (χ0n) is 15.4. The molecule has 1 aliphatic heterocycles. The van der Waals surface area contributed by atoms with E-state index in [0.717, 1.165) is 21.3 Å². The predicted molar refractivity (Wildman–Crippen MR) is 114 cm³/mol. The molecule has 0 spiro atoms. The Morgan fingerprint density at radius 1 is 1.24 bits per heavy atom. The first-order chi connectivity index (χ1) is 14.0. The van der Waals surface area contributed by atoms with Gasteiger partial charge in [-0.2, -0.15) is 0 Å². The van der Waals surface area contributed by atoms with Crippen LogP contribution in [0.4, 0.5) is 5.82 Å². The molecule has 2 amide bonds. The summed E-state index contributed by atoms with van der Waals surface area (Å²) in [6, 6.07) is 9.33. The lowest BCUT2D eigenvalue weighted by Crippen LogP contribution is -2.51. The van der Waals surface area contributed by atoms with E-state index in [2.05, 4.69) is 9.97 Å². The second-order valence-corrected chi connectivity index (χ2v) is 8.41. The molecule has 0 atom stereocenters. The van der Waals surface area contributed by atoms with Crippen LogP contribution in [0.5, 0.6) is 0 Å². The number of nitrogen functional groups attached to an aromatic ring is 1. The third kappa shape index (κ3) is 4.38. The summed E-state index contributed by atoms with van der Waals surface area (Å²) >= 11 is 7.29. The smallest absolute Gasteiger partial charge is 0.247 e. The Labute approximate surface area is 176 Å². The summed E-state index contributed by atoms with van der Waals surface area (Å²) in [5, 5.41) is 0.789. The summed E-state index contributed by atoms with van der Waals surface area (Å²) < 4.78 is 0.670. The van der Waals surface area contributed by atoms with Crippen LogP contribution in [0.3, 0.4) is 0 Å². The molecule has 7 nitrogen and oxygen atoms in total. The van der Waals surface area contributed by atoms with Gasteiger partial charge in [-0.05, 0) is 35.9 Å². The van der Waals surface area contributed by atoms with Crippen LogP contribution in [0, 0.1) is 0 Å². The largest absolute Gasteiger partial charge is 0.383 e. The molecule has 0 radical (unpaired) electrons. The highest BCUT2D eigenvalue weighted by Crippen LogP contribution is 2.23. The van der Waals surface area contributed by atoms with Gasteiger partial charge in [-0.25, -0.2) is 9.97 Å². The fourth-order valence-corrected chi connectivity index (χ4v) is 4.15. The Morgan fingerprint density at radius 3 is 2.86 bits per heavy atom. The van der Waals surface area contributed by atoms with Gasteiger partial charge in [-0.15, -0.1) is 11.3 Å². The molecule has 0 unspecified atom stereocenters. The average Bonchev–Trinajstić information content (AvgIpc) is 3.13. The van der Waals surface area contributed by atoms with Gasteiger partial charge in [0.05, 0.1) is 9.85 Å². The second-order valence-electron chi connectivity index (χ2n) is 6.66. The Hall–Kier alpha value is -2.97. The first-order valence-corrected chi connectivity index (χ1v) is 10.2. The minimum absolute atomic E-state index is 0.0665.